The highest BCUT2D eigenvalue weighted by Gasteiger charge is 2.22. The number of halogens is 2. The summed E-state index contributed by atoms with van der Waals surface area (Å²) in [4.78, 5) is 12.6. The van der Waals surface area contributed by atoms with Crippen LogP contribution in [0.25, 0.3) is 0 Å². The second-order valence-electron chi connectivity index (χ2n) is 6.92. The number of ether oxygens (including phenoxy) is 1. The fourth-order valence-corrected chi connectivity index (χ4v) is 3.54. The highest BCUT2D eigenvalue weighted by atomic mass is 35.5. The second-order valence-corrected chi connectivity index (χ2v) is 7.79. The van der Waals surface area contributed by atoms with E-state index in [1.165, 1.54) is 0 Å². The molecule has 0 unspecified atom stereocenters. The fourth-order valence-electron chi connectivity index (χ4n) is 3.03. The van der Waals surface area contributed by atoms with Gasteiger partial charge in [-0.1, -0.05) is 48.3 Å². The number of nitrogens with one attached hydrogen (secondary N) is 1. The topological polar surface area (TPSA) is 56.2 Å². The maximum absolute atomic E-state index is 12.6. The predicted octanol–water partition coefficient (Wildman–Crippen LogP) is 6.31. The molecule has 0 aliphatic rings. The molecule has 1 aromatic heterocycles. The van der Waals surface area contributed by atoms with E-state index in [1.54, 1.807) is 22.9 Å². The molecule has 0 saturated heterocycles. The molecule has 0 saturated carbocycles. The molecular weight excluding hydrogens is 409 g/mol. The first-order valence-electron chi connectivity index (χ1n) is 9.46. The van der Waals surface area contributed by atoms with E-state index in [2.05, 4.69) is 10.4 Å². The van der Waals surface area contributed by atoms with E-state index in [0.717, 1.165) is 11.3 Å². The van der Waals surface area contributed by atoms with Gasteiger partial charge >= 0.3 is 0 Å². The number of anilines is 1. The van der Waals surface area contributed by atoms with E-state index in [1.807, 2.05) is 51.1 Å². The lowest BCUT2D eigenvalue weighted by atomic mass is 10.1. The smallest absolute Gasteiger partial charge is 0.230 e. The summed E-state index contributed by atoms with van der Waals surface area (Å²) in [6.07, 6.45) is 0.828. The number of hydrogen-bond donors (Lipinski definition) is 1. The average molecular weight is 432 g/mol. The van der Waals surface area contributed by atoms with Gasteiger partial charge in [-0.2, -0.15) is 5.10 Å². The van der Waals surface area contributed by atoms with Crippen molar-refractivity contribution >= 4 is 34.8 Å². The maximum atomic E-state index is 12.6. The van der Waals surface area contributed by atoms with Crippen LogP contribution in [0.15, 0.2) is 48.5 Å². The predicted molar refractivity (Wildman–Crippen MR) is 117 cm³/mol. The Morgan fingerprint density at radius 3 is 2.38 bits per heavy atom. The molecule has 3 rings (SSSR count). The van der Waals surface area contributed by atoms with Gasteiger partial charge in [0.25, 0.3) is 0 Å². The normalized spacial score (nSPS) is 11.0. The van der Waals surface area contributed by atoms with Crippen LogP contribution in [0.5, 0.6) is 11.6 Å². The lowest BCUT2D eigenvalue weighted by Crippen LogP contribution is -2.15. The molecule has 0 fully saturated rings. The van der Waals surface area contributed by atoms with Gasteiger partial charge in [0.15, 0.2) is 0 Å². The van der Waals surface area contributed by atoms with Crippen molar-refractivity contribution in [2.45, 2.75) is 39.7 Å². The zero-order valence-corrected chi connectivity index (χ0v) is 18.1. The first kappa shape index (κ1) is 21.2. The highest BCUT2D eigenvalue weighted by Crippen LogP contribution is 2.34. The number of carbonyl (C=O) groups excluding carboxylic acids is 1. The lowest BCUT2D eigenvalue weighted by molar-refractivity contribution is -0.115. The Labute approximate surface area is 180 Å². The maximum Gasteiger partial charge on any atom is 0.230 e. The molecule has 0 bridgehead atoms. The number of benzene rings is 2. The van der Waals surface area contributed by atoms with Crippen LogP contribution in [-0.4, -0.2) is 15.7 Å². The van der Waals surface area contributed by atoms with Crippen LogP contribution in [0.3, 0.4) is 0 Å². The van der Waals surface area contributed by atoms with Crippen LogP contribution in [0.2, 0.25) is 10.0 Å². The molecule has 0 radical (unpaired) electrons. The summed E-state index contributed by atoms with van der Waals surface area (Å²) in [7, 11) is 0. The first-order valence-corrected chi connectivity index (χ1v) is 10.2. The van der Waals surface area contributed by atoms with Gasteiger partial charge in [-0.05, 0) is 50.6 Å². The van der Waals surface area contributed by atoms with E-state index >= 15 is 0 Å². The fraction of sp³-hybridized carbons (Fsp3) is 0.273. The zero-order valence-electron chi connectivity index (χ0n) is 16.6. The molecule has 2 aromatic carbocycles. The van der Waals surface area contributed by atoms with Gasteiger partial charge in [-0.15, -0.1) is 0 Å². The van der Waals surface area contributed by atoms with Crippen molar-refractivity contribution in [1.82, 2.24) is 9.78 Å². The van der Waals surface area contributed by atoms with Crippen molar-refractivity contribution in [1.29, 1.82) is 0 Å². The quantitative estimate of drug-likeness (QED) is 0.476. The van der Waals surface area contributed by atoms with Gasteiger partial charge in [0.2, 0.25) is 11.8 Å². The molecular formula is C22H23Cl2N3O2. The monoisotopic (exact) mass is 431 g/mol. The molecule has 0 atom stereocenters. The number of para-hydroxylation sites is 1. The van der Waals surface area contributed by atoms with E-state index < -0.39 is 0 Å². The molecule has 152 valence electrons. The minimum Gasteiger partial charge on any atom is -0.439 e. The van der Waals surface area contributed by atoms with Crippen LogP contribution in [0.1, 0.15) is 38.1 Å². The van der Waals surface area contributed by atoms with Crippen molar-refractivity contribution < 1.29 is 9.53 Å². The molecule has 1 N–H and O–H groups in total. The van der Waals surface area contributed by atoms with Crippen molar-refractivity contribution in [3.63, 3.8) is 0 Å². The Bertz CT molecular complexity index is 981. The summed E-state index contributed by atoms with van der Waals surface area (Å²) in [6, 6.07) is 14.5. The number of carbonyl (C=O) groups is 1. The van der Waals surface area contributed by atoms with Crippen LogP contribution >= 0.6 is 23.2 Å². The second kappa shape index (κ2) is 9.33. The van der Waals surface area contributed by atoms with Crippen molar-refractivity contribution in [2.24, 2.45) is 0 Å². The molecule has 7 heteroatoms. The third kappa shape index (κ3) is 5.31. The first-order chi connectivity index (χ1) is 13.9. The zero-order chi connectivity index (χ0) is 21.0. The Morgan fingerprint density at radius 2 is 1.79 bits per heavy atom. The van der Waals surface area contributed by atoms with Crippen LogP contribution in [-0.2, 0) is 17.6 Å². The summed E-state index contributed by atoms with van der Waals surface area (Å²) < 4.78 is 7.93. The Kier molecular flexibility index (Phi) is 6.83. The van der Waals surface area contributed by atoms with Crippen molar-refractivity contribution in [3.05, 3.63) is 69.8 Å². The largest absolute Gasteiger partial charge is 0.439 e. The average Bonchev–Trinajstić information content (AvgIpc) is 2.98. The van der Waals surface area contributed by atoms with Gasteiger partial charge in [0.05, 0.1) is 18.2 Å². The molecule has 3 aromatic rings. The number of hydrogen-bond acceptors (Lipinski definition) is 3. The summed E-state index contributed by atoms with van der Waals surface area (Å²) in [5.41, 5.74) is 2.33. The van der Waals surface area contributed by atoms with Crippen molar-refractivity contribution in [3.8, 4) is 11.6 Å². The number of rotatable bonds is 7. The van der Waals surface area contributed by atoms with E-state index in [4.69, 9.17) is 27.9 Å². The standard InChI is InChI=1S/C22H23Cl2N3O2/c1-4-19-20(13-21(28)25-17-8-6-5-7-9-17)26-27(14(2)3)22(19)29-18-11-15(23)10-16(24)12-18/h5-12,14H,4,13H2,1-3H3,(H,25,28). The summed E-state index contributed by atoms with van der Waals surface area (Å²) in [5, 5.41) is 8.55. The molecule has 1 amide bonds. The third-order valence-corrected chi connectivity index (χ3v) is 4.76. The van der Waals surface area contributed by atoms with E-state index in [9.17, 15) is 4.79 Å². The van der Waals surface area contributed by atoms with Gasteiger partial charge < -0.3 is 10.1 Å². The number of nitrogens with zero attached hydrogens (tertiary/aromatic N) is 2. The molecule has 0 aliphatic carbocycles. The number of amides is 1. The molecule has 29 heavy (non-hydrogen) atoms. The molecule has 0 aliphatic heterocycles. The molecule has 0 spiro atoms. The SMILES string of the molecule is CCc1c(CC(=O)Nc2ccccc2)nn(C(C)C)c1Oc1cc(Cl)cc(Cl)c1. The summed E-state index contributed by atoms with van der Waals surface area (Å²) in [5.74, 6) is 0.999. The lowest BCUT2D eigenvalue weighted by Gasteiger charge is -2.13. The minimum atomic E-state index is -0.128. The van der Waals surface area contributed by atoms with Gasteiger partial charge in [-0.25, -0.2) is 4.68 Å². The van der Waals surface area contributed by atoms with E-state index in [0.29, 0.717) is 33.8 Å². The minimum absolute atomic E-state index is 0.0518. The summed E-state index contributed by atoms with van der Waals surface area (Å²) in [6.45, 7) is 6.04. The molecule has 5 nitrogen and oxygen atoms in total. The van der Waals surface area contributed by atoms with E-state index in [-0.39, 0.29) is 18.4 Å². The van der Waals surface area contributed by atoms with Crippen LogP contribution in [0, 0.1) is 0 Å². The third-order valence-electron chi connectivity index (χ3n) is 4.32. The Morgan fingerprint density at radius 1 is 1.14 bits per heavy atom. The Balaban J connectivity index is 1.90. The Hall–Kier alpha value is -2.50. The van der Waals surface area contributed by atoms with Gasteiger partial charge in [0.1, 0.15) is 5.75 Å². The van der Waals surface area contributed by atoms with Gasteiger partial charge in [0, 0.05) is 21.3 Å². The number of aromatic nitrogens is 2. The molecule has 1 heterocycles. The van der Waals surface area contributed by atoms with Crippen molar-refractivity contribution in [2.75, 3.05) is 5.32 Å². The van der Waals surface area contributed by atoms with Crippen LogP contribution < -0.4 is 10.1 Å². The van der Waals surface area contributed by atoms with Crippen LogP contribution in [0.4, 0.5) is 5.69 Å². The summed E-state index contributed by atoms with van der Waals surface area (Å²) >= 11 is 12.2. The highest BCUT2D eigenvalue weighted by molar-refractivity contribution is 6.34. The van der Waals surface area contributed by atoms with Gasteiger partial charge in [-0.3, -0.25) is 4.79 Å².